The highest BCUT2D eigenvalue weighted by molar-refractivity contribution is 5.76. The lowest BCUT2D eigenvalue weighted by atomic mass is 9.73. The highest BCUT2D eigenvalue weighted by Crippen LogP contribution is 2.51. The Kier molecular flexibility index (Phi) is 1.98. The summed E-state index contributed by atoms with van der Waals surface area (Å²) >= 11 is 0. The van der Waals surface area contributed by atoms with E-state index in [0.717, 1.165) is 0 Å². The molecule has 13 heavy (non-hydrogen) atoms. The Balaban J connectivity index is 3.14. The van der Waals surface area contributed by atoms with Gasteiger partial charge in [-0.3, -0.25) is 4.79 Å². The van der Waals surface area contributed by atoms with E-state index in [1.54, 1.807) is 0 Å². The highest BCUT2D eigenvalue weighted by Gasteiger charge is 2.63. The van der Waals surface area contributed by atoms with Gasteiger partial charge in [-0.05, 0) is 33.6 Å². The Bertz CT molecular complexity index is 244. The molecular weight excluding hydrogens is 172 g/mol. The fraction of sp³-hybridized carbons (Fsp3) is 0.889. The first-order valence-corrected chi connectivity index (χ1v) is 4.33. The van der Waals surface area contributed by atoms with Gasteiger partial charge in [0.05, 0.1) is 11.0 Å². The first-order chi connectivity index (χ1) is 5.65. The van der Waals surface area contributed by atoms with Gasteiger partial charge in [-0.1, -0.05) is 0 Å². The predicted molar refractivity (Wildman–Crippen MR) is 46.2 cm³/mol. The van der Waals surface area contributed by atoms with Crippen molar-refractivity contribution in [2.45, 2.75) is 44.8 Å². The van der Waals surface area contributed by atoms with Crippen molar-refractivity contribution in [2.75, 3.05) is 0 Å². The Hall–Kier alpha value is -0.610. The van der Waals surface area contributed by atoms with Crippen molar-refractivity contribution >= 4 is 5.97 Å². The fourth-order valence-corrected chi connectivity index (χ4v) is 1.89. The van der Waals surface area contributed by atoms with Crippen LogP contribution in [0.4, 0.5) is 0 Å². The van der Waals surface area contributed by atoms with E-state index in [2.05, 4.69) is 0 Å². The number of carboxylic acid groups (broad SMARTS) is 1. The SMILES string of the molecule is CC1(O)CCC(C)(C(=O)O)C1(C)O. The van der Waals surface area contributed by atoms with Crippen molar-refractivity contribution in [1.29, 1.82) is 0 Å². The van der Waals surface area contributed by atoms with Crippen LogP contribution in [0.15, 0.2) is 0 Å². The second-order valence-corrected chi connectivity index (χ2v) is 4.48. The van der Waals surface area contributed by atoms with Crippen LogP contribution in [0.5, 0.6) is 0 Å². The third-order valence-electron chi connectivity index (χ3n) is 3.71. The summed E-state index contributed by atoms with van der Waals surface area (Å²) in [5, 5.41) is 28.7. The van der Waals surface area contributed by atoms with E-state index in [0.29, 0.717) is 12.8 Å². The molecule has 0 spiro atoms. The van der Waals surface area contributed by atoms with Crippen LogP contribution in [0.25, 0.3) is 0 Å². The van der Waals surface area contributed by atoms with Crippen molar-refractivity contribution < 1.29 is 20.1 Å². The molecule has 4 heteroatoms. The average Bonchev–Trinajstić information content (AvgIpc) is 2.12. The molecule has 76 valence electrons. The van der Waals surface area contributed by atoms with Crippen LogP contribution in [0.2, 0.25) is 0 Å². The zero-order valence-corrected chi connectivity index (χ0v) is 8.16. The molecule has 3 N–H and O–H groups in total. The molecule has 4 nitrogen and oxygen atoms in total. The summed E-state index contributed by atoms with van der Waals surface area (Å²) in [6.45, 7) is 4.33. The van der Waals surface area contributed by atoms with Crippen molar-refractivity contribution in [3.8, 4) is 0 Å². The number of aliphatic carboxylic acids is 1. The molecular formula is C9H16O4. The van der Waals surface area contributed by atoms with Crippen LogP contribution in [0.3, 0.4) is 0 Å². The molecule has 1 aliphatic carbocycles. The first-order valence-electron chi connectivity index (χ1n) is 4.33. The molecule has 0 aliphatic heterocycles. The number of hydrogen-bond donors (Lipinski definition) is 3. The van der Waals surface area contributed by atoms with E-state index >= 15 is 0 Å². The lowest BCUT2D eigenvalue weighted by Crippen LogP contribution is -2.56. The minimum absolute atomic E-state index is 0.294. The smallest absolute Gasteiger partial charge is 0.312 e. The normalized spacial score (nSPS) is 50.8. The maximum absolute atomic E-state index is 11.0. The van der Waals surface area contributed by atoms with Gasteiger partial charge in [0.25, 0.3) is 0 Å². The van der Waals surface area contributed by atoms with E-state index < -0.39 is 22.6 Å². The predicted octanol–water partition coefficient (Wildman–Crippen LogP) is 0.373. The topological polar surface area (TPSA) is 77.8 Å². The van der Waals surface area contributed by atoms with Gasteiger partial charge in [0, 0.05) is 0 Å². The number of rotatable bonds is 1. The Morgan fingerprint density at radius 1 is 1.15 bits per heavy atom. The van der Waals surface area contributed by atoms with Crippen LogP contribution >= 0.6 is 0 Å². The number of carboxylic acids is 1. The van der Waals surface area contributed by atoms with E-state index in [-0.39, 0.29) is 0 Å². The second kappa shape index (κ2) is 2.45. The van der Waals surface area contributed by atoms with Gasteiger partial charge in [-0.25, -0.2) is 0 Å². The average molecular weight is 188 g/mol. The van der Waals surface area contributed by atoms with Crippen LogP contribution in [0, 0.1) is 5.41 Å². The molecule has 0 aromatic heterocycles. The largest absolute Gasteiger partial charge is 0.481 e. The molecule has 3 atom stereocenters. The lowest BCUT2D eigenvalue weighted by molar-refractivity contribution is -0.183. The van der Waals surface area contributed by atoms with Gasteiger partial charge in [0.2, 0.25) is 0 Å². The maximum Gasteiger partial charge on any atom is 0.312 e. The molecule has 0 saturated heterocycles. The van der Waals surface area contributed by atoms with Crippen molar-refractivity contribution in [2.24, 2.45) is 5.41 Å². The summed E-state index contributed by atoms with van der Waals surface area (Å²) in [5.41, 5.74) is -4.15. The monoisotopic (exact) mass is 188 g/mol. The Labute approximate surface area is 77.2 Å². The van der Waals surface area contributed by atoms with E-state index in [4.69, 9.17) is 5.11 Å². The third kappa shape index (κ3) is 1.09. The van der Waals surface area contributed by atoms with Crippen LogP contribution in [0.1, 0.15) is 33.6 Å². The molecule has 0 aromatic carbocycles. The molecule has 0 bridgehead atoms. The molecule has 1 saturated carbocycles. The molecule has 0 radical (unpaired) electrons. The molecule has 0 heterocycles. The van der Waals surface area contributed by atoms with Crippen molar-refractivity contribution in [3.05, 3.63) is 0 Å². The van der Waals surface area contributed by atoms with E-state index in [9.17, 15) is 15.0 Å². The fourth-order valence-electron chi connectivity index (χ4n) is 1.89. The molecule has 0 amide bonds. The number of aliphatic hydroxyl groups is 2. The third-order valence-corrected chi connectivity index (χ3v) is 3.71. The van der Waals surface area contributed by atoms with Crippen molar-refractivity contribution in [1.82, 2.24) is 0 Å². The number of carbonyl (C=O) groups is 1. The summed E-state index contributed by atoms with van der Waals surface area (Å²) in [5.74, 6) is -1.06. The molecule has 0 aromatic rings. The standard InChI is InChI=1S/C9H16O4/c1-7(6(10)11)4-5-8(2,12)9(7,3)13/h12-13H,4-5H2,1-3H3,(H,10,11). The highest BCUT2D eigenvalue weighted by atomic mass is 16.4. The van der Waals surface area contributed by atoms with Gasteiger partial charge >= 0.3 is 5.97 Å². The zero-order valence-electron chi connectivity index (χ0n) is 8.16. The van der Waals surface area contributed by atoms with Crippen molar-refractivity contribution in [3.63, 3.8) is 0 Å². The van der Waals surface area contributed by atoms with Crippen LogP contribution in [-0.4, -0.2) is 32.5 Å². The molecule has 1 fully saturated rings. The summed E-state index contributed by atoms with van der Waals surface area (Å²) in [6, 6.07) is 0. The van der Waals surface area contributed by atoms with E-state index in [1.165, 1.54) is 20.8 Å². The van der Waals surface area contributed by atoms with Gasteiger partial charge in [-0.2, -0.15) is 0 Å². The summed E-state index contributed by atoms with van der Waals surface area (Å²) in [7, 11) is 0. The Morgan fingerprint density at radius 3 is 1.77 bits per heavy atom. The summed E-state index contributed by atoms with van der Waals surface area (Å²) in [6.07, 6.45) is 0.602. The van der Waals surface area contributed by atoms with Gasteiger partial charge in [0.15, 0.2) is 0 Å². The van der Waals surface area contributed by atoms with Crippen LogP contribution in [-0.2, 0) is 4.79 Å². The van der Waals surface area contributed by atoms with Gasteiger partial charge in [0.1, 0.15) is 5.60 Å². The van der Waals surface area contributed by atoms with Gasteiger partial charge < -0.3 is 15.3 Å². The Morgan fingerprint density at radius 2 is 1.62 bits per heavy atom. The minimum Gasteiger partial charge on any atom is -0.481 e. The van der Waals surface area contributed by atoms with Crippen LogP contribution < -0.4 is 0 Å². The second-order valence-electron chi connectivity index (χ2n) is 4.48. The summed E-state index contributed by atoms with van der Waals surface area (Å²) in [4.78, 5) is 11.0. The van der Waals surface area contributed by atoms with E-state index in [1.807, 2.05) is 0 Å². The summed E-state index contributed by atoms with van der Waals surface area (Å²) < 4.78 is 0. The molecule has 3 unspecified atom stereocenters. The maximum atomic E-state index is 11.0. The molecule has 1 rings (SSSR count). The minimum atomic E-state index is -1.58. The molecule has 1 aliphatic rings. The number of hydrogen-bond acceptors (Lipinski definition) is 3. The zero-order chi connectivity index (χ0) is 10.5. The first kappa shape index (κ1) is 10.5. The van der Waals surface area contributed by atoms with Gasteiger partial charge in [-0.15, -0.1) is 0 Å². The lowest BCUT2D eigenvalue weighted by Gasteiger charge is -2.39. The quantitative estimate of drug-likeness (QED) is 0.555.